The molecule has 0 saturated carbocycles. The summed E-state index contributed by atoms with van der Waals surface area (Å²) in [7, 11) is 0. The molecule has 0 saturated heterocycles. The Labute approximate surface area is 132 Å². The SMILES string of the molecule is C=CC(=O)OCCNC(=O)OCCC(=O)OC(C)(C)CBr. The minimum absolute atomic E-state index is 0.0153. The fourth-order valence-electron chi connectivity index (χ4n) is 1.03. The van der Waals surface area contributed by atoms with Crippen LogP contribution in [-0.4, -0.2) is 48.7 Å². The summed E-state index contributed by atoms with van der Waals surface area (Å²) in [4.78, 5) is 33.4. The fourth-order valence-corrected chi connectivity index (χ4v) is 1.14. The molecule has 0 spiro atoms. The van der Waals surface area contributed by atoms with Crippen LogP contribution in [0.25, 0.3) is 0 Å². The molecule has 120 valence electrons. The maximum Gasteiger partial charge on any atom is 0.407 e. The van der Waals surface area contributed by atoms with Crippen molar-refractivity contribution in [2.45, 2.75) is 25.9 Å². The Hall–Kier alpha value is -1.57. The van der Waals surface area contributed by atoms with Crippen molar-refractivity contribution in [3.8, 4) is 0 Å². The number of nitrogens with one attached hydrogen (secondary N) is 1. The lowest BCUT2D eigenvalue weighted by molar-refractivity contribution is -0.155. The highest BCUT2D eigenvalue weighted by atomic mass is 79.9. The van der Waals surface area contributed by atoms with Gasteiger partial charge in [0.1, 0.15) is 18.8 Å². The zero-order valence-corrected chi connectivity index (χ0v) is 13.7. The third-order valence-electron chi connectivity index (χ3n) is 2.03. The Morgan fingerprint density at radius 2 is 1.90 bits per heavy atom. The van der Waals surface area contributed by atoms with Crippen LogP contribution in [0, 0.1) is 0 Å². The van der Waals surface area contributed by atoms with Crippen LogP contribution in [0.3, 0.4) is 0 Å². The van der Waals surface area contributed by atoms with E-state index in [-0.39, 0.29) is 26.2 Å². The monoisotopic (exact) mass is 365 g/mol. The van der Waals surface area contributed by atoms with Crippen LogP contribution in [0.15, 0.2) is 12.7 Å². The zero-order chi connectivity index (χ0) is 16.3. The van der Waals surface area contributed by atoms with Gasteiger partial charge in [-0.05, 0) is 13.8 Å². The normalized spacial score (nSPS) is 10.4. The average molecular weight is 366 g/mol. The van der Waals surface area contributed by atoms with Crippen LogP contribution in [0.4, 0.5) is 4.79 Å². The van der Waals surface area contributed by atoms with Crippen molar-refractivity contribution >= 4 is 34.0 Å². The Morgan fingerprint density at radius 3 is 2.48 bits per heavy atom. The maximum absolute atomic E-state index is 11.4. The molecule has 0 atom stereocenters. The first-order chi connectivity index (χ1) is 9.80. The van der Waals surface area contributed by atoms with E-state index in [1.54, 1.807) is 13.8 Å². The molecule has 0 heterocycles. The fraction of sp³-hybridized carbons (Fsp3) is 0.615. The first-order valence-corrected chi connectivity index (χ1v) is 7.40. The number of carbonyl (C=O) groups excluding carboxylic acids is 3. The molecule has 0 fully saturated rings. The number of alkyl carbamates (subject to hydrolysis) is 1. The summed E-state index contributed by atoms with van der Waals surface area (Å²) < 4.78 is 14.6. The van der Waals surface area contributed by atoms with Crippen LogP contribution in [0.1, 0.15) is 20.3 Å². The smallest absolute Gasteiger partial charge is 0.407 e. The third-order valence-corrected chi connectivity index (χ3v) is 3.38. The van der Waals surface area contributed by atoms with Gasteiger partial charge in [-0.2, -0.15) is 0 Å². The Kier molecular flexibility index (Phi) is 9.44. The van der Waals surface area contributed by atoms with E-state index in [1.165, 1.54) is 0 Å². The van der Waals surface area contributed by atoms with Gasteiger partial charge >= 0.3 is 18.0 Å². The molecule has 8 heteroatoms. The Morgan fingerprint density at radius 1 is 1.24 bits per heavy atom. The van der Waals surface area contributed by atoms with Crippen molar-refractivity contribution < 1.29 is 28.6 Å². The number of alkyl halides is 1. The molecule has 21 heavy (non-hydrogen) atoms. The van der Waals surface area contributed by atoms with E-state index < -0.39 is 23.6 Å². The molecule has 0 unspecified atom stereocenters. The molecule has 0 rings (SSSR count). The minimum atomic E-state index is -0.697. The van der Waals surface area contributed by atoms with E-state index in [0.717, 1.165) is 6.08 Å². The molecule has 1 N–H and O–H groups in total. The van der Waals surface area contributed by atoms with Crippen LogP contribution >= 0.6 is 15.9 Å². The van der Waals surface area contributed by atoms with E-state index in [9.17, 15) is 14.4 Å². The summed E-state index contributed by atoms with van der Waals surface area (Å²) in [6.07, 6.45) is 0.297. The molecule has 7 nitrogen and oxygen atoms in total. The van der Waals surface area contributed by atoms with Crippen molar-refractivity contribution in [1.82, 2.24) is 5.32 Å². The van der Waals surface area contributed by atoms with Crippen LogP contribution in [-0.2, 0) is 23.8 Å². The van der Waals surface area contributed by atoms with Gasteiger partial charge in [0.2, 0.25) is 0 Å². The van der Waals surface area contributed by atoms with Crippen LogP contribution in [0.2, 0.25) is 0 Å². The quantitative estimate of drug-likeness (QED) is 0.219. The second kappa shape index (κ2) is 10.2. The Bertz CT molecular complexity index is 383. The summed E-state index contributed by atoms with van der Waals surface area (Å²) in [5.74, 6) is -1.02. The van der Waals surface area contributed by atoms with Gasteiger partial charge in [0.05, 0.1) is 13.0 Å². The molecular formula is C13H20BrNO6. The number of halogens is 1. The van der Waals surface area contributed by atoms with Gasteiger partial charge in [-0.1, -0.05) is 22.5 Å². The minimum Gasteiger partial charge on any atom is -0.461 e. The molecule has 0 radical (unpaired) electrons. The first-order valence-electron chi connectivity index (χ1n) is 6.28. The van der Waals surface area contributed by atoms with E-state index in [1.807, 2.05) is 0 Å². The lowest BCUT2D eigenvalue weighted by Crippen LogP contribution is -2.31. The van der Waals surface area contributed by atoms with Crippen LogP contribution in [0.5, 0.6) is 0 Å². The molecule has 0 aromatic heterocycles. The van der Waals surface area contributed by atoms with Gasteiger partial charge < -0.3 is 19.5 Å². The lowest BCUT2D eigenvalue weighted by Gasteiger charge is -2.22. The summed E-state index contributed by atoms with van der Waals surface area (Å²) in [5.41, 5.74) is -0.603. The van der Waals surface area contributed by atoms with Crippen molar-refractivity contribution in [3.05, 3.63) is 12.7 Å². The molecule has 0 aromatic carbocycles. The first kappa shape index (κ1) is 19.4. The van der Waals surface area contributed by atoms with Gasteiger partial charge in [0, 0.05) is 11.4 Å². The molecule has 0 aliphatic rings. The van der Waals surface area contributed by atoms with E-state index >= 15 is 0 Å². The van der Waals surface area contributed by atoms with Crippen molar-refractivity contribution in [1.29, 1.82) is 0 Å². The second-order valence-electron chi connectivity index (χ2n) is 4.55. The van der Waals surface area contributed by atoms with Crippen molar-refractivity contribution in [3.63, 3.8) is 0 Å². The number of hydrogen-bond donors (Lipinski definition) is 1. The zero-order valence-electron chi connectivity index (χ0n) is 12.1. The van der Waals surface area contributed by atoms with E-state index in [2.05, 4.69) is 32.6 Å². The van der Waals surface area contributed by atoms with E-state index in [4.69, 9.17) is 9.47 Å². The highest BCUT2D eigenvalue weighted by Gasteiger charge is 2.21. The summed E-state index contributed by atoms with van der Waals surface area (Å²) in [6, 6.07) is 0. The standard InChI is InChI=1S/C13H20BrNO6/c1-4-10(16)19-8-6-15-12(18)20-7-5-11(17)21-13(2,3)9-14/h4H,1,5-9H2,2-3H3,(H,15,18). The van der Waals surface area contributed by atoms with Crippen LogP contribution < -0.4 is 5.32 Å². The summed E-state index contributed by atoms with van der Waals surface area (Å²) in [6.45, 7) is 6.79. The molecular weight excluding hydrogens is 346 g/mol. The molecule has 0 aromatic rings. The van der Waals surface area contributed by atoms with Crippen molar-refractivity contribution in [2.24, 2.45) is 0 Å². The highest BCUT2D eigenvalue weighted by Crippen LogP contribution is 2.13. The largest absolute Gasteiger partial charge is 0.461 e. The number of carbonyl (C=O) groups is 3. The number of ether oxygens (including phenoxy) is 3. The highest BCUT2D eigenvalue weighted by molar-refractivity contribution is 9.09. The van der Waals surface area contributed by atoms with Crippen molar-refractivity contribution in [2.75, 3.05) is 25.1 Å². The second-order valence-corrected chi connectivity index (χ2v) is 5.11. The maximum atomic E-state index is 11.4. The van der Waals surface area contributed by atoms with Gasteiger partial charge in [-0.3, -0.25) is 4.79 Å². The number of rotatable bonds is 9. The number of amides is 1. The van der Waals surface area contributed by atoms with Gasteiger partial charge in [0.15, 0.2) is 0 Å². The molecule has 0 bridgehead atoms. The van der Waals surface area contributed by atoms with Gasteiger partial charge in [-0.25, -0.2) is 9.59 Å². The molecule has 0 aliphatic heterocycles. The predicted molar refractivity (Wildman–Crippen MR) is 79.1 cm³/mol. The Balaban J connectivity index is 3.68. The third kappa shape index (κ3) is 10.8. The molecule has 0 aliphatic carbocycles. The lowest BCUT2D eigenvalue weighted by atomic mass is 10.2. The predicted octanol–water partition coefficient (Wildman–Crippen LogP) is 1.55. The summed E-state index contributed by atoms with van der Waals surface area (Å²) in [5, 5.41) is 2.87. The number of hydrogen-bond acceptors (Lipinski definition) is 6. The molecule has 1 amide bonds. The van der Waals surface area contributed by atoms with Gasteiger partial charge in [0.25, 0.3) is 0 Å². The topological polar surface area (TPSA) is 90.9 Å². The average Bonchev–Trinajstić information content (AvgIpc) is 2.42. The van der Waals surface area contributed by atoms with E-state index in [0.29, 0.717) is 5.33 Å². The summed E-state index contributed by atoms with van der Waals surface area (Å²) >= 11 is 3.23. The van der Waals surface area contributed by atoms with Gasteiger partial charge in [-0.15, -0.1) is 0 Å². The number of esters is 2.